The van der Waals surface area contributed by atoms with Gasteiger partial charge in [0.2, 0.25) is 0 Å². The van der Waals surface area contributed by atoms with Crippen LogP contribution in [0.25, 0.3) is 0 Å². The van der Waals surface area contributed by atoms with Crippen molar-refractivity contribution in [2.45, 2.75) is 13.1 Å². The minimum absolute atomic E-state index is 0.722. The maximum atomic E-state index is 6.06. The Kier molecular flexibility index (Phi) is 6.11. The van der Waals surface area contributed by atoms with Crippen LogP contribution in [-0.2, 0) is 17.8 Å². The van der Waals surface area contributed by atoms with E-state index in [0.717, 1.165) is 42.6 Å². The Morgan fingerprint density at radius 2 is 2.10 bits per heavy atom. The average Bonchev–Trinajstić information content (AvgIpc) is 2.91. The molecular formula is C16H21ClN2O2. The summed E-state index contributed by atoms with van der Waals surface area (Å²) in [7, 11) is 3.38. The average molecular weight is 309 g/mol. The van der Waals surface area contributed by atoms with E-state index in [2.05, 4.69) is 28.3 Å². The summed E-state index contributed by atoms with van der Waals surface area (Å²) < 4.78 is 12.5. The predicted octanol–water partition coefficient (Wildman–Crippen LogP) is 2.93. The minimum atomic E-state index is 0.722. The molecule has 0 bridgehead atoms. The summed E-state index contributed by atoms with van der Waals surface area (Å²) in [5, 5.41) is 4.05. The maximum Gasteiger partial charge on any atom is 0.123 e. The molecule has 0 fully saturated rings. The van der Waals surface area contributed by atoms with Crippen molar-refractivity contribution in [2.24, 2.45) is 0 Å². The van der Waals surface area contributed by atoms with Gasteiger partial charge in [0.15, 0.2) is 0 Å². The smallest absolute Gasteiger partial charge is 0.123 e. The molecule has 1 heterocycles. The molecule has 0 unspecified atom stereocenters. The van der Waals surface area contributed by atoms with E-state index >= 15 is 0 Å². The van der Waals surface area contributed by atoms with Gasteiger partial charge in [0, 0.05) is 43.2 Å². The lowest BCUT2D eigenvalue weighted by Gasteiger charge is -2.09. The van der Waals surface area contributed by atoms with Crippen molar-refractivity contribution in [1.82, 2.24) is 9.88 Å². The van der Waals surface area contributed by atoms with Gasteiger partial charge < -0.3 is 19.4 Å². The third kappa shape index (κ3) is 4.77. The van der Waals surface area contributed by atoms with Gasteiger partial charge in [0.25, 0.3) is 0 Å². The number of benzene rings is 1. The molecule has 0 radical (unpaired) electrons. The Hall–Kier alpha value is -1.49. The maximum absolute atomic E-state index is 6.06. The highest BCUT2D eigenvalue weighted by molar-refractivity contribution is 6.30. The van der Waals surface area contributed by atoms with Crippen LogP contribution in [0.4, 0.5) is 0 Å². The van der Waals surface area contributed by atoms with Gasteiger partial charge in [-0.1, -0.05) is 11.6 Å². The quantitative estimate of drug-likeness (QED) is 0.762. The summed E-state index contributed by atoms with van der Waals surface area (Å²) in [4.78, 5) is 0. The minimum Gasteiger partial charge on any atom is -0.496 e. The second-order valence-corrected chi connectivity index (χ2v) is 5.25. The summed E-state index contributed by atoms with van der Waals surface area (Å²) in [6.45, 7) is 3.15. The molecule has 0 amide bonds. The van der Waals surface area contributed by atoms with Gasteiger partial charge in [-0.2, -0.15) is 0 Å². The van der Waals surface area contributed by atoms with Gasteiger partial charge in [0.05, 0.1) is 20.3 Å². The topological polar surface area (TPSA) is 35.4 Å². The number of nitrogens with zero attached hydrogens (tertiary/aromatic N) is 1. The number of halogens is 1. The second-order valence-electron chi connectivity index (χ2n) is 4.82. The highest BCUT2D eigenvalue weighted by Crippen LogP contribution is 2.23. The molecule has 0 aliphatic heterocycles. The van der Waals surface area contributed by atoms with E-state index in [-0.39, 0.29) is 0 Å². The number of hydrogen-bond acceptors (Lipinski definition) is 3. The first kappa shape index (κ1) is 15.9. The first-order valence-corrected chi connectivity index (χ1v) is 7.27. The fourth-order valence-electron chi connectivity index (χ4n) is 2.17. The van der Waals surface area contributed by atoms with Gasteiger partial charge in [-0.05, 0) is 29.8 Å². The van der Waals surface area contributed by atoms with Crippen molar-refractivity contribution in [3.05, 3.63) is 52.8 Å². The zero-order valence-electron chi connectivity index (χ0n) is 12.4. The Morgan fingerprint density at radius 1 is 1.24 bits per heavy atom. The summed E-state index contributed by atoms with van der Waals surface area (Å²) in [5.74, 6) is 0.855. The van der Waals surface area contributed by atoms with Crippen molar-refractivity contribution in [1.29, 1.82) is 0 Å². The monoisotopic (exact) mass is 308 g/mol. The molecule has 4 nitrogen and oxygen atoms in total. The van der Waals surface area contributed by atoms with Crippen molar-refractivity contribution >= 4 is 11.6 Å². The zero-order valence-corrected chi connectivity index (χ0v) is 13.2. The van der Waals surface area contributed by atoms with E-state index in [1.165, 1.54) is 5.56 Å². The fraction of sp³-hybridized carbons (Fsp3) is 0.375. The van der Waals surface area contributed by atoms with Crippen LogP contribution >= 0.6 is 11.6 Å². The molecule has 0 saturated carbocycles. The summed E-state index contributed by atoms with van der Waals surface area (Å²) in [6, 6.07) is 7.78. The third-order valence-electron chi connectivity index (χ3n) is 3.22. The first-order chi connectivity index (χ1) is 10.2. The molecule has 2 rings (SSSR count). The van der Waals surface area contributed by atoms with Gasteiger partial charge in [-0.3, -0.25) is 0 Å². The van der Waals surface area contributed by atoms with Crippen molar-refractivity contribution in [2.75, 3.05) is 27.4 Å². The van der Waals surface area contributed by atoms with E-state index < -0.39 is 0 Å². The lowest BCUT2D eigenvalue weighted by Crippen LogP contribution is -2.18. The van der Waals surface area contributed by atoms with E-state index in [0.29, 0.717) is 0 Å². The van der Waals surface area contributed by atoms with Crippen molar-refractivity contribution in [3.8, 4) is 5.75 Å². The lowest BCUT2D eigenvalue weighted by atomic mass is 10.2. The molecule has 5 heteroatoms. The standard InChI is InChI=1S/C16H21ClN2O2/c1-20-8-6-18-10-13-5-7-19(11-13)12-14-9-15(17)3-4-16(14)21-2/h3-5,7,9,11,18H,6,8,10,12H2,1-2H3. The molecular weight excluding hydrogens is 288 g/mol. The lowest BCUT2D eigenvalue weighted by molar-refractivity contribution is 0.199. The van der Waals surface area contributed by atoms with Crippen LogP contribution in [0.5, 0.6) is 5.75 Å². The largest absolute Gasteiger partial charge is 0.496 e. The molecule has 1 aromatic heterocycles. The van der Waals surface area contributed by atoms with Crippen LogP contribution in [-0.4, -0.2) is 31.9 Å². The Labute approximate surface area is 130 Å². The second kappa shape index (κ2) is 8.08. The summed E-state index contributed by atoms with van der Waals surface area (Å²) >= 11 is 6.06. The predicted molar refractivity (Wildman–Crippen MR) is 85.1 cm³/mol. The van der Waals surface area contributed by atoms with Gasteiger partial charge in [0.1, 0.15) is 5.75 Å². The molecule has 0 spiro atoms. The molecule has 0 atom stereocenters. The zero-order chi connectivity index (χ0) is 15.1. The van der Waals surface area contributed by atoms with E-state index in [1.807, 2.05) is 18.2 Å². The Balaban J connectivity index is 1.97. The van der Waals surface area contributed by atoms with E-state index in [9.17, 15) is 0 Å². The van der Waals surface area contributed by atoms with Gasteiger partial charge in [-0.25, -0.2) is 0 Å². The first-order valence-electron chi connectivity index (χ1n) is 6.89. The molecule has 1 aromatic carbocycles. The highest BCUT2D eigenvalue weighted by Gasteiger charge is 2.05. The molecule has 0 aliphatic carbocycles. The SMILES string of the molecule is COCCNCc1ccn(Cc2cc(Cl)ccc2OC)c1. The van der Waals surface area contributed by atoms with Crippen LogP contribution in [0.2, 0.25) is 5.02 Å². The van der Waals surface area contributed by atoms with Crippen LogP contribution < -0.4 is 10.1 Å². The van der Waals surface area contributed by atoms with Crippen LogP contribution in [0.1, 0.15) is 11.1 Å². The van der Waals surface area contributed by atoms with Crippen LogP contribution in [0.3, 0.4) is 0 Å². The van der Waals surface area contributed by atoms with E-state index in [1.54, 1.807) is 14.2 Å². The number of methoxy groups -OCH3 is 2. The number of hydrogen-bond donors (Lipinski definition) is 1. The van der Waals surface area contributed by atoms with Gasteiger partial charge >= 0.3 is 0 Å². The van der Waals surface area contributed by atoms with E-state index in [4.69, 9.17) is 21.1 Å². The molecule has 0 aliphatic rings. The number of aromatic nitrogens is 1. The van der Waals surface area contributed by atoms with Crippen LogP contribution in [0.15, 0.2) is 36.7 Å². The number of ether oxygens (including phenoxy) is 2. The Morgan fingerprint density at radius 3 is 2.86 bits per heavy atom. The number of rotatable bonds is 8. The molecule has 1 N–H and O–H groups in total. The number of nitrogens with one attached hydrogen (secondary N) is 1. The normalized spacial score (nSPS) is 10.8. The van der Waals surface area contributed by atoms with Crippen molar-refractivity contribution < 1.29 is 9.47 Å². The van der Waals surface area contributed by atoms with Crippen LogP contribution in [0, 0.1) is 0 Å². The molecule has 2 aromatic rings. The Bertz CT molecular complexity index is 569. The highest BCUT2D eigenvalue weighted by atomic mass is 35.5. The third-order valence-corrected chi connectivity index (χ3v) is 3.45. The van der Waals surface area contributed by atoms with Gasteiger partial charge in [-0.15, -0.1) is 0 Å². The summed E-state index contributed by atoms with van der Waals surface area (Å²) in [6.07, 6.45) is 4.19. The molecule has 0 saturated heterocycles. The fourth-order valence-corrected chi connectivity index (χ4v) is 2.36. The molecule has 114 valence electrons. The summed E-state index contributed by atoms with van der Waals surface area (Å²) in [5.41, 5.74) is 2.31. The van der Waals surface area contributed by atoms with Crippen molar-refractivity contribution in [3.63, 3.8) is 0 Å². The molecule has 21 heavy (non-hydrogen) atoms.